The average molecular weight is 441 g/mol. The van der Waals surface area contributed by atoms with Crippen molar-refractivity contribution in [2.24, 2.45) is 0 Å². The zero-order chi connectivity index (χ0) is 21.9. The standard InChI is InChI=1S/C23H28N4O3S/c28-20(24-12-11-17-7-3-1-4-8-17)13-19-14-21(29)27-23(26-19)31-16-22(30)25-15-18-9-5-2-6-10-18/h1-10,19,23,26H,11-16H2,(H,24,28)(H,25,30)(H,27,29). The summed E-state index contributed by atoms with van der Waals surface area (Å²) in [6, 6.07) is 19.4. The van der Waals surface area contributed by atoms with Crippen molar-refractivity contribution in [1.82, 2.24) is 21.3 Å². The summed E-state index contributed by atoms with van der Waals surface area (Å²) in [6.07, 6.45) is 1.23. The van der Waals surface area contributed by atoms with Crippen LogP contribution in [0.4, 0.5) is 0 Å². The normalized spacial score (nSPS) is 18.1. The van der Waals surface area contributed by atoms with E-state index in [4.69, 9.17) is 0 Å². The lowest BCUT2D eigenvalue weighted by molar-refractivity contribution is -0.125. The molecule has 8 heteroatoms. The Morgan fingerprint density at radius 3 is 2.32 bits per heavy atom. The second-order valence-electron chi connectivity index (χ2n) is 7.38. The summed E-state index contributed by atoms with van der Waals surface area (Å²) < 4.78 is 0. The first kappa shape index (κ1) is 22.8. The predicted molar refractivity (Wildman–Crippen MR) is 122 cm³/mol. The molecule has 0 bridgehead atoms. The first-order valence-electron chi connectivity index (χ1n) is 10.4. The number of hydrogen-bond acceptors (Lipinski definition) is 5. The molecule has 3 amide bonds. The molecule has 2 atom stereocenters. The van der Waals surface area contributed by atoms with Crippen LogP contribution in [0.5, 0.6) is 0 Å². The number of thioether (sulfide) groups is 1. The molecular formula is C23H28N4O3S. The molecule has 2 aromatic rings. The molecule has 3 rings (SSSR count). The van der Waals surface area contributed by atoms with Gasteiger partial charge in [-0.1, -0.05) is 60.7 Å². The van der Waals surface area contributed by atoms with Crippen LogP contribution in [0.25, 0.3) is 0 Å². The Kier molecular flexibility index (Phi) is 8.93. The van der Waals surface area contributed by atoms with Gasteiger partial charge < -0.3 is 16.0 Å². The molecule has 2 aromatic carbocycles. The van der Waals surface area contributed by atoms with Crippen molar-refractivity contribution < 1.29 is 14.4 Å². The Bertz CT molecular complexity index is 864. The fraction of sp³-hybridized carbons (Fsp3) is 0.348. The molecule has 0 radical (unpaired) electrons. The van der Waals surface area contributed by atoms with Gasteiger partial charge >= 0.3 is 0 Å². The highest BCUT2D eigenvalue weighted by Gasteiger charge is 2.27. The lowest BCUT2D eigenvalue weighted by Gasteiger charge is -2.30. The summed E-state index contributed by atoms with van der Waals surface area (Å²) in [5.41, 5.74) is 1.80. The molecule has 0 aromatic heterocycles. The van der Waals surface area contributed by atoms with E-state index in [1.54, 1.807) is 0 Å². The van der Waals surface area contributed by atoms with Crippen LogP contribution in [0.2, 0.25) is 0 Å². The van der Waals surface area contributed by atoms with Crippen molar-refractivity contribution in [3.63, 3.8) is 0 Å². The maximum Gasteiger partial charge on any atom is 0.230 e. The number of nitrogens with one attached hydrogen (secondary N) is 4. The van der Waals surface area contributed by atoms with Gasteiger partial charge in [-0.2, -0.15) is 0 Å². The minimum Gasteiger partial charge on any atom is -0.356 e. The van der Waals surface area contributed by atoms with Gasteiger partial charge in [0.25, 0.3) is 0 Å². The van der Waals surface area contributed by atoms with E-state index in [1.807, 2.05) is 60.7 Å². The first-order chi connectivity index (χ1) is 15.1. The predicted octanol–water partition coefficient (Wildman–Crippen LogP) is 1.55. The molecule has 31 heavy (non-hydrogen) atoms. The van der Waals surface area contributed by atoms with Gasteiger partial charge in [0.2, 0.25) is 17.7 Å². The molecular weight excluding hydrogens is 412 g/mol. The van der Waals surface area contributed by atoms with Crippen molar-refractivity contribution in [2.45, 2.75) is 37.3 Å². The zero-order valence-corrected chi connectivity index (χ0v) is 18.1. The van der Waals surface area contributed by atoms with E-state index in [0.717, 1.165) is 12.0 Å². The van der Waals surface area contributed by atoms with Crippen LogP contribution in [-0.2, 0) is 27.3 Å². The SMILES string of the molecule is O=C(CSC1NC(=O)CC(CC(=O)NCCc2ccccc2)N1)NCc1ccccc1. The summed E-state index contributed by atoms with van der Waals surface area (Å²) >= 11 is 1.30. The fourth-order valence-electron chi connectivity index (χ4n) is 3.26. The van der Waals surface area contributed by atoms with E-state index in [9.17, 15) is 14.4 Å². The maximum absolute atomic E-state index is 12.2. The summed E-state index contributed by atoms with van der Waals surface area (Å²) in [5.74, 6) is -0.109. The van der Waals surface area contributed by atoms with Gasteiger partial charge in [-0.25, -0.2) is 0 Å². The van der Waals surface area contributed by atoms with Crippen molar-refractivity contribution >= 4 is 29.5 Å². The fourth-order valence-corrected chi connectivity index (χ4v) is 4.18. The third-order valence-electron chi connectivity index (χ3n) is 4.84. The summed E-state index contributed by atoms with van der Waals surface area (Å²) in [7, 11) is 0. The van der Waals surface area contributed by atoms with Gasteiger partial charge in [-0.05, 0) is 17.5 Å². The Labute approximate surface area is 186 Å². The van der Waals surface area contributed by atoms with Crippen molar-refractivity contribution in [3.05, 3.63) is 71.8 Å². The van der Waals surface area contributed by atoms with Gasteiger partial charge in [0.1, 0.15) is 5.50 Å². The van der Waals surface area contributed by atoms with E-state index >= 15 is 0 Å². The second kappa shape index (κ2) is 12.1. The smallest absolute Gasteiger partial charge is 0.230 e. The van der Waals surface area contributed by atoms with Gasteiger partial charge in [0.15, 0.2) is 0 Å². The highest BCUT2D eigenvalue weighted by molar-refractivity contribution is 8.00. The highest BCUT2D eigenvalue weighted by atomic mass is 32.2. The minimum absolute atomic E-state index is 0.0903. The zero-order valence-electron chi connectivity index (χ0n) is 17.3. The van der Waals surface area contributed by atoms with E-state index < -0.39 is 5.50 Å². The third-order valence-corrected chi connectivity index (χ3v) is 5.85. The molecule has 2 unspecified atom stereocenters. The summed E-state index contributed by atoms with van der Waals surface area (Å²) in [5, 5.41) is 11.8. The number of carbonyl (C=O) groups excluding carboxylic acids is 3. The summed E-state index contributed by atoms with van der Waals surface area (Å²) in [6.45, 7) is 1.03. The summed E-state index contributed by atoms with van der Waals surface area (Å²) in [4.78, 5) is 36.4. The topological polar surface area (TPSA) is 99.3 Å². The van der Waals surface area contributed by atoms with Crippen LogP contribution in [-0.4, -0.2) is 41.6 Å². The molecule has 0 aliphatic carbocycles. The van der Waals surface area contributed by atoms with Gasteiger partial charge in [-0.15, -0.1) is 11.8 Å². The van der Waals surface area contributed by atoms with Crippen LogP contribution in [0.15, 0.2) is 60.7 Å². The van der Waals surface area contributed by atoms with Crippen molar-refractivity contribution in [3.8, 4) is 0 Å². The molecule has 1 saturated heterocycles. The van der Waals surface area contributed by atoms with Crippen LogP contribution < -0.4 is 21.3 Å². The Morgan fingerprint density at radius 1 is 0.935 bits per heavy atom. The Morgan fingerprint density at radius 2 is 1.61 bits per heavy atom. The van der Waals surface area contributed by atoms with Gasteiger partial charge in [0.05, 0.1) is 5.75 Å². The van der Waals surface area contributed by atoms with Crippen LogP contribution in [0, 0.1) is 0 Å². The Balaban J connectivity index is 1.35. The number of amides is 3. The third kappa shape index (κ3) is 8.43. The second-order valence-corrected chi connectivity index (χ2v) is 8.47. The van der Waals surface area contributed by atoms with Crippen LogP contribution in [0.1, 0.15) is 24.0 Å². The Hall–Kier alpha value is -2.84. The molecule has 1 heterocycles. The van der Waals surface area contributed by atoms with Crippen LogP contribution in [0.3, 0.4) is 0 Å². The number of rotatable bonds is 10. The van der Waals surface area contributed by atoms with Crippen LogP contribution >= 0.6 is 11.8 Å². The van der Waals surface area contributed by atoms with Gasteiger partial charge in [0, 0.05) is 32.0 Å². The monoisotopic (exact) mass is 440 g/mol. The number of carbonyl (C=O) groups is 3. The average Bonchev–Trinajstić information content (AvgIpc) is 2.77. The highest BCUT2D eigenvalue weighted by Crippen LogP contribution is 2.14. The van der Waals surface area contributed by atoms with E-state index in [0.29, 0.717) is 13.1 Å². The molecule has 1 fully saturated rings. The lowest BCUT2D eigenvalue weighted by Crippen LogP contribution is -2.56. The molecule has 0 saturated carbocycles. The van der Waals surface area contributed by atoms with E-state index in [2.05, 4.69) is 21.3 Å². The molecule has 0 spiro atoms. The van der Waals surface area contributed by atoms with E-state index in [-0.39, 0.29) is 42.4 Å². The minimum atomic E-state index is -0.397. The first-order valence-corrected chi connectivity index (χ1v) is 11.4. The largest absolute Gasteiger partial charge is 0.356 e. The maximum atomic E-state index is 12.2. The number of benzene rings is 2. The quantitative estimate of drug-likeness (QED) is 0.449. The van der Waals surface area contributed by atoms with Crippen molar-refractivity contribution in [2.75, 3.05) is 12.3 Å². The molecule has 4 N–H and O–H groups in total. The molecule has 7 nitrogen and oxygen atoms in total. The molecule has 1 aliphatic rings. The van der Waals surface area contributed by atoms with Gasteiger partial charge in [-0.3, -0.25) is 19.7 Å². The molecule has 164 valence electrons. The molecule has 1 aliphatic heterocycles. The van der Waals surface area contributed by atoms with E-state index in [1.165, 1.54) is 17.3 Å². The lowest BCUT2D eigenvalue weighted by atomic mass is 10.1. The number of hydrogen-bond donors (Lipinski definition) is 4. The van der Waals surface area contributed by atoms with Crippen molar-refractivity contribution in [1.29, 1.82) is 0 Å².